The third-order valence-corrected chi connectivity index (χ3v) is 5.70. The van der Waals surface area contributed by atoms with E-state index in [0.717, 1.165) is 5.56 Å². The van der Waals surface area contributed by atoms with Gasteiger partial charge in [0.05, 0.1) is 18.9 Å². The molecule has 1 amide bonds. The second-order valence-electron chi connectivity index (χ2n) is 6.28. The third kappa shape index (κ3) is 3.93. The van der Waals surface area contributed by atoms with Crippen LogP contribution in [0.15, 0.2) is 66.1 Å². The number of carbonyl (C=O) groups excluding carboxylic acids is 1. The van der Waals surface area contributed by atoms with E-state index in [1.807, 2.05) is 30.3 Å². The molecule has 3 aromatic rings. The summed E-state index contributed by atoms with van der Waals surface area (Å²) in [5.74, 6) is -0.387. The summed E-state index contributed by atoms with van der Waals surface area (Å²) in [6.07, 6.45) is 1.46. The number of hydrogen-bond acceptors (Lipinski definition) is 5. The van der Waals surface area contributed by atoms with Gasteiger partial charge >= 0.3 is 0 Å². The maximum Gasteiger partial charge on any atom is 0.240 e. The molecule has 1 aromatic heterocycles. The predicted molar refractivity (Wildman–Crippen MR) is 104 cm³/mol. The molecule has 1 fully saturated rings. The number of benzene rings is 2. The molecule has 4 rings (SSSR count). The standard InChI is InChI=1S/C20H19FN4O2S/c21-16-8-4-5-9-17(16)25-14-22-23-20(25)28-18(15-6-2-1-3-7-15)19(26)24-10-12-27-13-11-24/h1-9,14,18H,10-13H2. The fourth-order valence-electron chi connectivity index (χ4n) is 3.06. The average Bonchev–Trinajstić information content (AvgIpc) is 3.21. The topological polar surface area (TPSA) is 60.2 Å². The minimum atomic E-state index is -0.506. The van der Waals surface area contributed by atoms with Crippen LogP contribution in [0.4, 0.5) is 4.39 Å². The fourth-order valence-corrected chi connectivity index (χ4v) is 4.17. The molecule has 2 aromatic carbocycles. The molecule has 0 aliphatic carbocycles. The highest BCUT2D eigenvalue weighted by Gasteiger charge is 2.30. The van der Waals surface area contributed by atoms with Gasteiger partial charge in [-0.05, 0) is 17.7 Å². The minimum absolute atomic E-state index is 0.0115. The van der Waals surface area contributed by atoms with Crippen molar-refractivity contribution in [2.75, 3.05) is 26.3 Å². The Bertz CT molecular complexity index is 944. The molecule has 0 spiro atoms. The quantitative estimate of drug-likeness (QED) is 0.618. The zero-order chi connectivity index (χ0) is 19.3. The van der Waals surface area contributed by atoms with E-state index >= 15 is 0 Å². The van der Waals surface area contributed by atoms with Crippen LogP contribution in [-0.4, -0.2) is 51.9 Å². The first kappa shape index (κ1) is 18.6. The lowest BCUT2D eigenvalue weighted by Crippen LogP contribution is -2.42. The van der Waals surface area contributed by atoms with Gasteiger partial charge in [0.15, 0.2) is 5.16 Å². The number of ether oxygens (including phenoxy) is 1. The van der Waals surface area contributed by atoms with Crippen molar-refractivity contribution in [3.05, 3.63) is 72.3 Å². The van der Waals surface area contributed by atoms with Gasteiger partial charge in [-0.3, -0.25) is 9.36 Å². The maximum absolute atomic E-state index is 14.3. The number of morpholine rings is 1. The van der Waals surface area contributed by atoms with Crippen molar-refractivity contribution in [3.63, 3.8) is 0 Å². The van der Waals surface area contributed by atoms with Crippen LogP contribution >= 0.6 is 11.8 Å². The predicted octanol–water partition coefficient (Wildman–Crippen LogP) is 3.10. The van der Waals surface area contributed by atoms with E-state index in [-0.39, 0.29) is 11.7 Å². The van der Waals surface area contributed by atoms with Crippen molar-refractivity contribution in [1.29, 1.82) is 0 Å². The Morgan fingerprint density at radius 3 is 2.54 bits per heavy atom. The van der Waals surface area contributed by atoms with Crippen LogP contribution in [0.3, 0.4) is 0 Å². The summed E-state index contributed by atoms with van der Waals surface area (Å²) in [4.78, 5) is 15.1. The van der Waals surface area contributed by atoms with Gasteiger partial charge in [0.1, 0.15) is 17.4 Å². The summed E-state index contributed by atoms with van der Waals surface area (Å²) in [6, 6.07) is 16.0. The van der Waals surface area contributed by atoms with Gasteiger partial charge in [0.25, 0.3) is 0 Å². The van der Waals surface area contributed by atoms with Crippen molar-refractivity contribution < 1.29 is 13.9 Å². The molecular formula is C20H19FN4O2S. The molecule has 0 N–H and O–H groups in total. The van der Waals surface area contributed by atoms with E-state index in [1.165, 1.54) is 24.2 Å². The van der Waals surface area contributed by atoms with Gasteiger partial charge in [0, 0.05) is 13.1 Å². The third-order valence-electron chi connectivity index (χ3n) is 4.50. The van der Waals surface area contributed by atoms with Crippen LogP contribution < -0.4 is 0 Å². The molecule has 144 valence electrons. The lowest BCUT2D eigenvalue weighted by atomic mass is 10.1. The molecule has 1 aliphatic heterocycles. The second-order valence-corrected chi connectivity index (χ2v) is 7.35. The van der Waals surface area contributed by atoms with Crippen LogP contribution in [0.25, 0.3) is 5.69 Å². The van der Waals surface area contributed by atoms with Crippen LogP contribution in [0.2, 0.25) is 0 Å². The van der Waals surface area contributed by atoms with Crippen molar-refractivity contribution in [2.24, 2.45) is 0 Å². The van der Waals surface area contributed by atoms with Gasteiger partial charge in [-0.1, -0.05) is 54.2 Å². The van der Waals surface area contributed by atoms with Crippen molar-refractivity contribution in [3.8, 4) is 5.69 Å². The molecule has 1 atom stereocenters. The van der Waals surface area contributed by atoms with Crippen LogP contribution in [-0.2, 0) is 9.53 Å². The maximum atomic E-state index is 14.3. The van der Waals surface area contributed by atoms with Crippen LogP contribution in [0, 0.1) is 5.82 Å². The second kappa shape index (κ2) is 8.53. The molecule has 28 heavy (non-hydrogen) atoms. The summed E-state index contributed by atoms with van der Waals surface area (Å²) in [5, 5.41) is 8.03. The zero-order valence-corrected chi connectivity index (χ0v) is 15.9. The number of para-hydroxylation sites is 1. The van der Waals surface area contributed by atoms with Crippen molar-refractivity contribution in [1.82, 2.24) is 19.7 Å². The van der Waals surface area contributed by atoms with Crippen LogP contribution in [0.1, 0.15) is 10.8 Å². The van der Waals surface area contributed by atoms with E-state index in [0.29, 0.717) is 37.1 Å². The number of hydrogen-bond donors (Lipinski definition) is 0. The van der Waals surface area contributed by atoms with Gasteiger partial charge < -0.3 is 9.64 Å². The van der Waals surface area contributed by atoms with E-state index in [4.69, 9.17) is 4.74 Å². The average molecular weight is 398 g/mol. The lowest BCUT2D eigenvalue weighted by molar-refractivity contribution is -0.134. The van der Waals surface area contributed by atoms with E-state index in [9.17, 15) is 9.18 Å². The monoisotopic (exact) mass is 398 g/mol. The number of thioether (sulfide) groups is 1. The summed E-state index contributed by atoms with van der Waals surface area (Å²) in [7, 11) is 0. The van der Waals surface area contributed by atoms with E-state index in [2.05, 4.69) is 10.2 Å². The lowest BCUT2D eigenvalue weighted by Gasteiger charge is -2.30. The van der Waals surface area contributed by atoms with Crippen molar-refractivity contribution >= 4 is 17.7 Å². The molecule has 2 heterocycles. The first-order chi connectivity index (χ1) is 13.7. The molecule has 1 unspecified atom stereocenters. The first-order valence-electron chi connectivity index (χ1n) is 8.97. The Kier molecular flexibility index (Phi) is 5.68. The minimum Gasteiger partial charge on any atom is -0.378 e. The Morgan fingerprint density at radius 2 is 1.79 bits per heavy atom. The number of aromatic nitrogens is 3. The number of carbonyl (C=O) groups is 1. The highest BCUT2D eigenvalue weighted by atomic mass is 32.2. The van der Waals surface area contributed by atoms with Gasteiger partial charge in [-0.25, -0.2) is 4.39 Å². The highest BCUT2D eigenvalue weighted by molar-refractivity contribution is 8.00. The smallest absolute Gasteiger partial charge is 0.240 e. The Labute approximate surface area is 166 Å². The van der Waals surface area contributed by atoms with Gasteiger partial charge in [0.2, 0.25) is 5.91 Å². The van der Waals surface area contributed by atoms with E-state index in [1.54, 1.807) is 27.7 Å². The molecule has 6 nitrogen and oxygen atoms in total. The highest BCUT2D eigenvalue weighted by Crippen LogP contribution is 2.37. The summed E-state index contributed by atoms with van der Waals surface area (Å²) >= 11 is 1.27. The Hall–Kier alpha value is -2.71. The molecule has 1 aliphatic rings. The summed E-state index contributed by atoms with van der Waals surface area (Å²) < 4.78 is 21.2. The normalized spacial score (nSPS) is 15.4. The van der Waals surface area contributed by atoms with Gasteiger partial charge in [-0.15, -0.1) is 10.2 Å². The number of halogens is 1. The molecule has 1 saturated heterocycles. The fraction of sp³-hybridized carbons (Fsp3) is 0.250. The molecule has 8 heteroatoms. The molecular weight excluding hydrogens is 379 g/mol. The number of nitrogens with zero attached hydrogens (tertiary/aromatic N) is 4. The Balaban J connectivity index is 1.67. The van der Waals surface area contributed by atoms with Crippen molar-refractivity contribution in [2.45, 2.75) is 10.4 Å². The zero-order valence-electron chi connectivity index (χ0n) is 15.1. The summed E-state index contributed by atoms with van der Waals surface area (Å²) in [6.45, 7) is 2.18. The largest absolute Gasteiger partial charge is 0.378 e. The molecule has 0 saturated carbocycles. The molecule has 0 radical (unpaired) electrons. The number of rotatable bonds is 5. The SMILES string of the molecule is O=C(C(Sc1nncn1-c1ccccc1F)c1ccccc1)N1CCOCC1. The first-order valence-corrected chi connectivity index (χ1v) is 9.85. The summed E-state index contributed by atoms with van der Waals surface area (Å²) in [5.41, 5.74) is 1.22. The Morgan fingerprint density at radius 1 is 1.07 bits per heavy atom. The van der Waals surface area contributed by atoms with Crippen LogP contribution in [0.5, 0.6) is 0 Å². The number of amides is 1. The molecule has 0 bridgehead atoms. The van der Waals surface area contributed by atoms with Gasteiger partial charge in [-0.2, -0.15) is 0 Å². The van der Waals surface area contributed by atoms with E-state index < -0.39 is 5.25 Å².